The standard InChI is InChI=1S/C17H20N6O/c1-10-13(9-23(3)4)11(2)20-14(10)7-12-16(21-22-17(12)24)15-8-18-5-6-19-15/h5-8,20H,9H2,1-4H3,(H,22,24)/b12-7-. The summed E-state index contributed by atoms with van der Waals surface area (Å²) in [6.07, 6.45) is 6.59. The zero-order valence-corrected chi connectivity index (χ0v) is 14.2. The van der Waals surface area contributed by atoms with E-state index in [9.17, 15) is 4.79 Å². The number of aryl methyl sites for hydroxylation is 1. The second kappa shape index (κ2) is 6.37. The first kappa shape index (κ1) is 16.1. The van der Waals surface area contributed by atoms with Crippen molar-refractivity contribution in [2.45, 2.75) is 20.4 Å². The lowest BCUT2D eigenvalue weighted by Gasteiger charge is -2.10. The Kier molecular flexibility index (Phi) is 4.26. The topological polar surface area (TPSA) is 86.3 Å². The van der Waals surface area contributed by atoms with Crippen molar-refractivity contribution in [1.29, 1.82) is 0 Å². The fourth-order valence-electron chi connectivity index (χ4n) is 2.74. The first-order valence-electron chi connectivity index (χ1n) is 7.66. The Labute approximate surface area is 140 Å². The molecule has 7 nitrogen and oxygen atoms in total. The molecule has 2 aromatic rings. The Bertz CT molecular complexity index is 832. The predicted octanol–water partition coefficient (Wildman–Crippen LogP) is 1.40. The van der Waals surface area contributed by atoms with Gasteiger partial charge in [0, 0.05) is 30.3 Å². The molecule has 3 rings (SSSR count). The van der Waals surface area contributed by atoms with Gasteiger partial charge in [0.05, 0.1) is 11.8 Å². The monoisotopic (exact) mass is 324 g/mol. The lowest BCUT2D eigenvalue weighted by Crippen LogP contribution is -2.14. The van der Waals surface area contributed by atoms with E-state index in [1.807, 2.05) is 27.1 Å². The van der Waals surface area contributed by atoms with Crippen molar-refractivity contribution in [3.63, 3.8) is 0 Å². The van der Waals surface area contributed by atoms with Gasteiger partial charge in [-0.25, -0.2) is 5.43 Å². The number of hydrogen-bond acceptors (Lipinski definition) is 5. The van der Waals surface area contributed by atoms with Gasteiger partial charge in [0.1, 0.15) is 11.4 Å². The van der Waals surface area contributed by atoms with Gasteiger partial charge in [0.15, 0.2) is 0 Å². The van der Waals surface area contributed by atoms with E-state index in [1.165, 1.54) is 5.56 Å². The van der Waals surface area contributed by atoms with Crippen molar-refractivity contribution in [3.05, 3.63) is 52.4 Å². The molecule has 0 saturated heterocycles. The molecule has 0 spiro atoms. The molecule has 7 heteroatoms. The lowest BCUT2D eigenvalue weighted by molar-refractivity contribution is -0.116. The highest BCUT2D eigenvalue weighted by molar-refractivity contribution is 6.32. The van der Waals surface area contributed by atoms with Gasteiger partial charge in [-0.1, -0.05) is 0 Å². The van der Waals surface area contributed by atoms with E-state index in [0.717, 1.165) is 23.5 Å². The van der Waals surface area contributed by atoms with Gasteiger partial charge in [-0.15, -0.1) is 0 Å². The number of nitrogens with one attached hydrogen (secondary N) is 2. The summed E-state index contributed by atoms with van der Waals surface area (Å²) in [4.78, 5) is 25.9. The molecule has 1 amide bonds. The van der Waals surface area contributed by atoms with Crippen LogP contribution in [-0.2, 0) is 11.3 Å². The van der Waals surface area contributed by atoms with E-state index in [4.69, 9.17) is 0 Å². The first-order valence-corrected chi connectivity index (χ1v) is 7.66. The molecule has 24 heavy (non-hydrogen) atoms. The number of rotatable bonds is 4. The van der Waals surface area contributed by atoms with Gasteiger partial charge in [0.2, 0.25) is 0 Å². The molecule has 0 aromatic carbocycles. The molecule has 0 unspecified atom stereocenters. The summed E-state index contributed by atoms with van der Waals surface area (Å²) in [7, 11) is 4.07. The molecule has 3 heterocycles. The first-order chi connectivity index (χ1) is 11.5. The molecular formula is C17H20N6O. The van der Waals surface area contributed by atoms with Crippen molar-refractivity contribution >= 4 is 17.7 Å². The minimum absolute atomic E-state index is 0.239. The number of aromatic nitrogens is 3. The van der Waals surface area contributed by atoms with Gasteiger partial charge >= 0.3 is 0 Å². The number of nitrogens with zero attached hydrogens (tertiary/aromatic N) is 4. The maximum atomic E-state index is 12.2. The molecular weight excluding hydrogens is 304 g/mol. The molecule has 0 bridgehead atoms. The van der Waals surface area contributed by atoms with E-state index < -0.39 is 0 Å². The van der Waals surface area contributed by atoms with Crippen LogP contribution in [0.25, 0.3) is 6.08 Å². The number of aromatic amines is 1. The van der Waals surface area contributed by atoms with E-state index in [2.05, 4.69) is 37.3 Å². The van der Waals surface area contributed by atoms with E-state index in [-0.39, 0.29) is 5.91 Å². The third-order valence-corrected chi connectivity index (χ3v) is 3.97. The Morgan fingerprint density at radius 1 is 1.25 bits per heavy atom. The van der Waals surface area contributed by atoms with E-state index in [0.29, 0.717) is 17.0 Å². The van der Waals surface area contributed by atoms with Crippen LogP contribution in [0.2, 0.25) is 0 Å². The van der Waals surface area contributed by atoms with Gasteiger partial charge < -0.3 is 9.88 Å². The lowest BCUT2D eigenvalue weighted by atomic mass is 10.0. The van der Waals surface area contributed by atoms with Crippen molar-refractivity contribution < 1.29 is 4.79 Å². The predicted molar refractivity (Wildman–Crippen MR) is 92.3 cm³/mol. The van der Waals surface area contributed by atoms with Crippen molar-refractivity contribution in [2.24, 2.45) is 5.10 Å². The Balaban J connectivity index is 2.01. The second-order valence-corrected chi connectivity index (χ2v) is 6.06. The summed E-state index contributed by atoms with van der Waals surface area (Å²) in [6, 6.07) is 0. The fraction of sp³-hybridized carbons (Fsp3) is 0.294. The number of carbonyl (C=O) groups excluding carboxylic acids is 1. The van der Waals surface area contributed by atoms with Crippen LogP contribution in [0.4, 0.5) is 0 Å². The van der Waals surface area contributed by atoms with Crippen molar-refractivity contribution in [1.82, 2.24) is 25.3 Å². The maximum absolute atomic E-state index is 12.2. The van der Waals surface area contributed by atoms with Crippen molar-refractivity contribution in [3.8, 4) is 0 Å². The summed E-state index contributed by atoms with van der Waals surface area (Å²) >= 11 is 0. The van der Waals surface area contributed by atoms with Crippen LogP contribution in [-0.4, -0.2) is 45.6 Å². The molecule has 0 fully saturated rings. The SMILES string of the molecule is Cc1[nH]c(/C=C2\C(=O)NN=C2c2cnccn2)c(C)c1CN(C)C. The van der Waals surface area contributed by atoms with E-state index in [1.54, 1.807) is 18.6 Å². The number of hydrogen-bond donors (Lipinski definition) is 2. The second-order valence-electron chi connectivity index (χ2n) is 6.06. The fourth-order valence-corrected chi connectivity index (χ4v) is 2.74. The maximum Gasteiger partial charge on any atom is 0.273 e. The quantitative estimate of drug-likeness (QED) is 0.833. The zero-order chi connectivity index (χ0) is 17.3. The van der Waals surface area contributed by atoms with Crippen molar-refractivity contribution in [2.75, 3.05) is 14.1 Å². The largest absolute Gasteiger partial charge is 0.359 e. The Morgan fingerprint density at radius 3 is 2.71 bits per heavy atom. The normalized spacial score (nSPS) is 16.0. The van der Waals surface area contributed by atoms with E-state index >= 15 is 0 Å². The molecule has 2 aromatic heterocycles. The minimum atomic E-state index is -0.239. The van der Waals surface area contributed by atoms with Crippen LogP contribution in [0.5, 0.6) is 0 Å². The molecule has 0 atom stereocenters. The summed E-state index contributed by atoms with van der Waals surface area (Å²) in [5.74, 6) is -0.239. The average molecular weight is 324 g/mol. The van der Waals surface area contributed by atoms with Gasteiger partial charge in [0.25, 0.3) is 5.91 Å². The van der Waals surface area contributed by atoms with Crippen LogP contribution in [0, 0.1) is 13.8 Å². The average Bonchev–Trinajstić information content (AvgIpc) is 3.04. The van der Waals surface area contributed by atoms with Gasteiger partial charge in [-0.3, -0.25) is 14.8 Å². The summed E-state index contributed by atoms with van der Waals surface area (Å²) in [5, 5.41) is 4.10. The van der Waals surface area contributed by atoms with Crippen LogP contribution in [0.15, 0.2) is 29.3 Å². The number of hydrazone groups is 1. The summed E-state index contributed by atoms with van der Waals surface area (Å²) < 4.78 is 0. The molecule has 1 aliphatic rings. The smallest absolute Gasteiger partial charge is 0.273 e. The highest BCUT2D eigenvalue weighted by atomic mass is 16.2. The molecule has 124 valence electrons. The third kappa shape index (κ3) is 2.98. The van der Waals surface area contributed by atoms with Crippen LogP contribution >= 0.6 is 0 Å². The molecule has 1 aliphatic heterocycles. The Morgan fingerprint density at radius 2 is 2.04 bits per heavy atom. The molecule has 2 N–H and O–H groups in total. The van der Waals surface area contributed by atoms with Crippen LogP contribution in [0.1, 0.15) is 28.2 Å². The Hall–Kier alpha value is -2.80. The number of carbonyl (C=O) groups is 1. The molecule has 0 saturated carbocycles. The van der Waals surface area contributed by atoms with Gasteiger partial charge in [-0.05, 0) is 45.1 Å². The van der Waals surface area contributed by atoms with Gasteiger partial charge in [-0.2, -0.15) is 5.10 Å². The summed E-state index contributed by atoms with van der Waals surface area (Å²) in [5.41, 5.74) is 8.44. The van der Waals surface area contributed by atoms with Crippen LogP contribution < -0.4 is 5.43 Å². The third-order valence-electron chi connectivity index (χ3n) is 3.97. The zero-order valence-electron chi connectivity index (χ0n) is 14.2. The highest BCUT2D eigenvalue weighted by Gasteiger charge is 2.26. The number of amides is 1. The highest BCUT2D eigenvalue weighted by Crippen LogP contribution is 2.23. The minimum Gasteiger partial charge on any atom is -0.359 e. The summed E-state index contributed by atoms with van der Waals surface area (Å²) in [6.45, 7) is 4.94. The number of H-pyrrole nitrogens is 1. The molecule has 0 radical (unpaired) electrons. The molecule has 0 aliphatic carbocycles. The van der Waals surface area contributed by atoms with Crippen LogP contribution in [0.3, 0.4) is 0 Å².